The third-order valence-corrected chi connectivity index (χ3v) is 14.9. The van der Waals surface area contributed by atoms with Gasteiger partial charge in [0.1, 0.15) is 12.1 Å². The molecule has 13 aromatic rings. The van der Waals surface area contributed by atoms with Crippen LogP contribution in [0.4, 0.5) is 34.1 Å². The molecular formula is C74H49N5. The quantitative estimate of drug-likeness (QED) is 0.122. The molecule has 0 atom stereocenters. The Kier molecular flexibility index (Phi) is 12.7. The summed E-state index contributed by atoms with van der Waals surface area (Å²) in [5, 5.41) is 21.3. The highest BCUT2D eigenvalue weighted by Crippen LogP contribution is 2.41. The zero-order valence-electron chi connectivity index (χ0n) is 43.0. The summed E-state index contributed by atoms with van der Waals surface area (Å²) in [4.78, 5) is 4.61. The molecule has 1 heterocycles. The number of hydrogen-bond donors (Lipinski definition) is 0. The fraction of sp³-hybridized carbons (Fsp3) is 0. The molecule has 0 bridgehead atoms. The summed E-state index contributed by atoms with van der Waals surface area (Å²) in [6, 6.07) is 109. The highest BCUT2D eigenvalue weighted by atomic mass is 15.1. The molecule has 12 aromatic carbocycles. The van der Waals surface area contributed by atoms with E-state index in [0.29, 0.717) is 11.1 Å². The molecular weight excluding hydrogens is 959 g/mol. The van der Waals surface area contributed by atoms with Crippen LogP contribution in [0.2, 0.25) is 0 Å². The van der Waals surface area contributed by atoms with Gasteiger partial charge in [-0.1, -0.05) is 176 Å². The number of para-hydroxylation sites is 4. The molecule has 0 spiro atoms. The highest BCUT2D eigenvalue weighted by molar-refractivity contribution is 6.11. The van der Waals surface area contributed by atoms with Crippen LogP contribution in [0.25, 0.3) is 83.1 Å². The van der Waals surface area contributed by atoms with E-state index in [-0.39, 0.29) is 0 Å². The second-order valence-corrected chi connectivity index (χ2v) is 19.6. The maximum absolute atomic E-state index is 9.53. The van der Waals surface area contributed by atoms with E-state index in [9.17, 15) is 10.5 Å². The Morgan fingerprint density at radius 3 is 0.848 bits per heavy atom. The molecule has 0 N–H and O–H groups in total. The van der Waals surface area contributed by atoms with Crippen molar-refractivity contribution < 1.29 is 0 Å². The van der Waals surface area contributed by atoms with Crippen molar-refractivity contribution in [3.05, 3.63) is 308 Å². The first-order valence-electron chi connectivity index (χ1n) is 26.4. The molecule has 0 aliphatic heterocycles. The molecule has 0 aliphatic carbocycles. The SMILES string of the molecule is N#Cc1ccc(-c2ccc(-c3ccc(-c4ccc(N(c5ccccc5)c5ccc(-c6ccc7c(c6)c6cc(-c8ccc(N(c9ccccc9)c9ccccc9)cc8)ccc6n7-c6ccccc6)cc5)cc4)cc3)cc2)cc1C#N. The lowest BCUT2D eigenvalue weighted by Gasteiger charge is -2.26. The van der Waals surface area contributed by atoms with E-state index >= 15 is 0 Å². The summed E-state index contributed by atoms with van der Waals surface area (Å²) >= 11 is 0. The van der Waals surface area contributed by atoms with Gasteiger partial charge in [0.2, 0.25) is 0 Å². The first kappa shape index (κ1) is 47.7. The third-order valence-electron chi connectivity index (χ3n) is 14.9. The number of fused-ring (bicyclic) bond motifs is 3. The van der Waals surface area contributed by atoms with Gasteiger partial charge in [0.15, 0.2) is 0 Å². The number of rotatable bonds is 12. The molecule has 13 rings (SSSR count). The third kappa shape index (κ3) is 9.36. The van der Waals surface area contributed by atoms with Crippen molar-refractivity contribution in [2.75, 3.05) is 9.80 Å². The van der Waals surface area contributed by atoms with Crippen LogP contribution >= 0.6 is 0 Å². The second-order valence-electron chi connectivity index (χ2n) is 19.6. The van der Waals surface area contributed by atoms with Crippen LogP contribution < -0.4 is 9.80 Å². The topological polar surface area (TPSA) is 59.0 Å². The molecule has 5 heteroatoms. The molecule has 0 fully saturated rings. The summed E-state index contributed by atoms with van der Waals surface area (Å²) in [5.41, 5.74) is 21.8. The van der Waals surface area contributed by atoms with E-state index in [1.54, 1.807) is 12.1 Å². The van der Waals surface area contributed by atoms with Gasteiger partial charge in [-0.25, -0.2) is 0 Å². The molecule has 370 valence electrons. The first-order valence-corrected chi connectivity index (χ1v) is 26.4. The Morgan fingerprint density at radius 2 is 0.506 bits per heavy atom. The van der Waals surface area contributed by atoms with Crippen molar-refractivity contribution >= 4 is 55.9 Å². The van der Waals surface area contributed by atoms with Gasteiger partial charge in [0, 0.05) is 50.6 Å². The van der Waals surface area contributed by atoms with Crippen molar-refractivity contribution in [3.63, 3.8) is 0 Å². The molecule has 5 nitrogen and oxygen atoms in total. The fourth-order valence-electron chi connectivity index (χ4n) is 10.9. The first-order chi connectivity index (χ1) is 39.1. The van der Waals surface area contributed by atoms with E-state index in [4.69, 9.17) is 0 Å². The van der Waals surface area contributed by atoms with Crippen molar-refractivity contribution in [3.8, 4) is 73.5 Å². The number of nitriles is 2. The van der Waals surface area contributed by atoms with Gasteiger partial charge < -0.3 is 14.4 Å². The standard InChI is InChI=1S/C74H49N5/c75-50-62-30-29-59(47-63(62)51-76)56-27-25-53(26-28-56)52-21-23-54(24-22-52)55-31-39-69(40-32-55)78(66-17-9-3-10-18-66)70-43-35-58(36-44-70)61-38-46-74-72(49-61)71-48-60(37-45-73(71)79(74)67-19-11-4-12-20-67)57-33-41-68(42-34-57)77(64-13-5-1-6-14-64)65-15-7-2-8-16-65/h1-49H. The van der Waals surface area contributed by atoms with Gasteiger partial charge in [0.25, 0.3) is 0 Å². The number of nitrogens with zero attached hydrogens (tertiary/aromatic N) is 5. The van der Waals surface area contributed by atoms with E-state index in [1.165, 1.54) is 10.8 Å². The monoisotopic (exact) mass is 1010 g/mol. The summed E-state index contributed by atoms with van der Waals surface area (Å²) in [5.74, 6) is 0. The maximum atomic E-state index is 9.53. The van der Waals surface area contributed by atoms with Gasteiger partial charge in [-0.2, -0.15) is 10.5 Å². The number of aromatic nitrogens is 1. The molecule has 0 amide bonds. The molecule has 0 radical (unpaired) electrons. The zero-order chi connectivity index (χ0) is 53.1. The largest absolute Gasteiger partial charge is 0.311 e. The van der Waals surface area contributed by atoms with Crippen molar-refractivity contribution in [1.29, 1.82) is 10.5 Å². The van der Waals surface area contributed by atoms with Gasteiger partial charge in [-0.05, 0) is 177 Å². The van der Waals surface area contributed by atoms with Crippen LogP contribution in [0.3, 0.4) is 0 Å². The van der Waals surface area contributed by atoms with E-state index in [1.807, 2.05) is 6.07 Å². The highest BCUT2D eigenvalue weighted by Gasteiger charge is 2.18. The Morgan fingerprint density at radius 1 is 0.241 bits per heavy atom. The fourth-order valence-corrected chi connectivity index (χ4v) is 10.9. The second kappa shape index (κ2) is 21.0. The Labute approximate surface area is 460 Å². The van der Waals surface area contributed by atoms with Crippen LogP contribution in [0.15, 0.2) is 297 Å². The lowest BCUT2D eigenvalue weighted by Crippen LogP contribution is -2.09. The van der Waals surface area contributed by atoms with Gasteiger partial charge in [-0.3, -0.25) is 0 Å². The van der Waals surface area contributed by atoms with Crippen LogP contribution in [-0.2, 0) is 0 Å². The molecule has 0 saturated carbocycles. The van der Waals surface area contributed by atoms with E-state index in [2.05, 4.69) is 306 Å². The van der Waals surface area contributed by atoms with Gasteiger partial charge >= 0.3 is 0 Å². The summed E-state index contributed by atoms with van der Waals surface area (Å²) < 4.78 is 2.38. The minimum atomic E-state index is 0.384. The smallest absolute Gasteiger partial charge is 0.101 e. The number of benzene rings is 12. The average molecular weight is 1010 g/mol. The molecule has 1 aromatic heterocycles. The van der Waals surface area contributed by atoms with Gasteiger partial charge in [-0.15, -0.1) is 0 Å². The summed E-state index contributed by atoms with van der Waals surface area (Å²) in [6.07, 6.45) is 0. The van der Waals surface area contributed by atoms with E-state index < -0.39 is 0 Å². The molecule has 0 unspecified atom stereocenters. The predicted octanol–water partition coefficient (Wildman–Crippen LogP) is 19.8. The lowest BCUT2D eigenvalue weighted by atomic mass is 9.96. The van der Waals surface area contributed by atoms with Crippen LogP contribution in [0.1, 0.15) is 11.1 Å². The summed E-state index contributed by atoms with van der Waals surface area (Å²) in [6.45, 7) is 0. The Balaban J connectivity index is 0.786. The van der Waals surface area contributed by atoms with Crippen LogP contribution in [0.5, 0.6) is 0 Å². The van der Waals surface area contributed by atoms with E-state index in [0.717, 1.165) is 106 Å². The molecule has 79 heavy (non-hydrogen) atoms. The normalized spacial score (nSPS) is 11.0. The Hall–Kier alpha value is -11.0. The van der Waals surface area contributed by atoms with Crippen LogP contribution in [-0.4, -0.2) is 4.57 Å². The average Bonchev–Trinajstić information content (AvgIpc) is 4.13. The molecule has 0 saturated heterocycles. The number of hydrogen-bond acceptors (Lipinski definition) is 4. The lowest BCUT2D eigenvalue weighted by molar-refractivity contribution is 1.18. The Bertz CT molecular complexity index is 4330. The van der Waals surface area contributed by atoms with Gasteiger partial charge in [0.05, 0.1) is 22.2 Å². The van der Waals surface area contributed by atoms with Crippen molar-refractivity contribution in [2.24, 2.45) is 0 Å². The zero-order valence-corrected chi connectivity index (χ0v) is 43.0. The maximum Gasteiger partial charge on any atom is 0.101 e. The van der Waals surface area contributed by atoms with Crippen molar-refractivity contribution in [2.45, 2.75) is 0 Å². The number of anilines is 6. The minimum absolute atomic E-state index is 0.384. The van der Waals surface area contributed by atoms with Crippen molar-refractivity contribution in [1.82, 2.24) is 4.57 Å². The minimum Gasteiger partial charge on any atom is -0.311 e. The van der Waals surface area contributed by atoms with Crippen LogP contribution in [0, 0.1) is 22.7 Å². The summed E-state index contributed by atoms with van der Waals surface area (Å²) in [7, 11) is 0. The predicted molar refractivity (Wildman–Crippen MR) is 327 cm³/mol. The molecule has 0 aliphatic rings.